The molecule has 2 rings (SSSR count). The van der Waals surface area contributed by atoms with Crippen molar-refractivity contribution in [3.8, 4) is 0 Å². The molecule has 0 aliphatic rings. The maximum atomic E-state index is 12.7. The van der Waals surface area contributed by atoms with Crippen LogP contribution in [0.3, 0.4) is 0 Å². The second kappa shape index (κ2) is 9.55. The number of rotatable bonds is 8. The number of amides is 1. The Labute approximate surface area is 167 Å². The van der Waals surface area contributed by atoms with Crippen molar-refractivity contribution in [3.05, 3.63) is 57.9 Å². The zero-order valence-electron chi connectivity index (χ0n) is 17.7. The van der Waals surface area contributed by atoms with Crippen LogP contribution >= 0.6 is 0 Å². The lowest BCUT2D eigenvalue weighted by molar-refractivity contribution is 0.0525. The molecule has 0 spiro atoms. The van der Waals surface area contributed by atoms with Crippen molar-refractivity contribution in [1.29, 1.82) is 0 Å². The highest BCUT2D eigenvalue weighted by molar-refractivity contribution is 6.00. The van der Waals surface area contributed by atoms with Gasteiger partial charge in [0.1, 0.15) is 5.69 Å². The molecule has 1 amide bonds. The number of H-pyrrole nitrogens is 1. The van der Waals surface area contributed by atoms with Crippen molar-refractivity contribution < 1.29 is 14.3 Å². The molecule has 0 aliphatic heterocycles. The molecular formula is C22H31N3O3. The highest BCUT2D eigenvalue weighted by Gasteiger charge is 2.22. The van der Waals surface area contributed by atoms with Crippen molar-refractivity contribution >= 4 is 11.9 Å². The van der Waals surface area contributed by atoms with Crippen molar-refractivity contribution in [2.24, 2.45) is 0 Å². The van der Waals surface area contributed by atoms with E-state index < -0.39 is 5.97 Å². The molecule has 2 aromatic rings. The fraction of sp³-hybridized carbons (Fsp3) is 0.455. The summed E-state index contributed by atoms with van der Waals surface area (Å²) in [7, 11) is 2.09. The molecule has 0 fully saturated rings. The average Bonchev–Trinajstić information content (AvgIpc) is 2.95. The monoisotopic (exact) mass is 385 g/mol. The van der Waals surface area contributed by atoms with E-state index in [4.69, 9.17) is 4.74 Å². The summed E-state index contributed by atoms with van der Waals surface area (Å²) in [5.74, 6) is -0.641. The molecule has 0 radical (unpaired) electrons. The normalized spacial score (nSPS) is 11.1. The number of carbonyl (C=O) groups is 2. The summed E-state index contributed by atoms with van der Waals surface area (Å²) in [6.07, 6.45) is 0. The smallest absolute Gasteiger partial charge is 0.340 e. The van der Waals surface area contributed by atoms with Gasteiger partial charge in [0.15, 0.2) is 0 Å². The van der Waals surface area contributed by atoms with Gasteiger partial charge in [-0.1, -0.05) is 24.3 Å². The number of aryl methyl sites for hydroxylation is 1. The van der Waals surface area contributed by atoms with Gasteiger partial charge in [0, 0.05) is 24.8 Å². The van der Waals surface area contributed by atoms with Crippen LogP contribution in [0.15, 0.2) is 24.3 Å². The zero-order valence-corrected chi connectivity index (χ0v) is 17.7. The maximum Gasteiger partial charge on any atom is 0.340 e. The third-order valence-corrected chi connectivity index (χ3v) is 5.00. The summed E-state index contributed by atoms with van der Waals surface area (Å²) in [6, 6.07) is 8.54. The van der Waals surface area contributed by atoms with Gasteiger partial charge >= 0.3 is 5.97 Å². The molecular weight excluding hydrogens is 354 g/mol. The van der Waals surface area contributed by atoms with Gasteiger partial charge in [-0.15, -0.1) is 0 Å². The first-order valence-electron chi connectivity index (χ1n) is 9.67. The molecule has 6 heteroatoms. The van der Waals surface area contributed by atoms with Gasteiger partial charge in [-0.05, 0) is 58.4 Å². The molecule has 1 aromatic carbocycles. The zero-order chi connectivity index (χ0) is 20.8. The first-order chi connectivity index (χ1) is 13.3. The van der Waals surface area contributed by atoms with E-state index in [1.54, 1.807) is 20.8 Å². The first kappa shape index (κ1) is 21.7. The predicted octanol–water partition coefficient (Wildman–Crippen LogP) is 3.58. The van der Waals surface area contributed by atoms with Crippen LogP contribution in [-0.4, -0.2) is 41.5 Å². The van der Waals surface area contributed by atoms with E-state index in [2.05, 4.69) is 42.2 Å². The lowest BCUT2D eigenvalue weighted by atomic mass is 10.1. The van der Waals surface area contributed by atoms with Crippen LogP contribution in [0.5, 0.6) is 0 Å². The Morgan fingerprint density at radius 1 is 1.18 bits per heavy atom. The fourth-order valence-corrected chi connectivity index (χ4v) is 3.09. The number of esters is 1. The van der Waals surface area contributed by atoms with Crippen molar-refractivity contribution in [1.82, 2.24) is 15.2 Å². The van der Waals surface area contributed by atoms with Crippen LogP contribution in [0.25, 0.3) is 0 Å². The maximum absolute atomic E-state index is 12.7. The molecule has 0 unspecified atom stereocenters. The number of nitrogens with zero attached hydrogens (tertiary/aromatic N) is 1. The van der Waals surface area contributed by atoms with Gasteiger partial charge in [-0.25, -0.2) is 4.79 Å². The number of ether oxygens (including phenoxy) is 1. The van der Waals surface area contributed by atoms with Gasteiger partial charge in [-0.2, -0.15) is 0 Å². The van der Waals surface area contributed by atoms with E-state index >= 15 is 0 Å². The van der Waals surface area contributed by atoms with Crippen molar-refractivity contribution in [3.63, 3.8) is 0 Å². The van der Waals surface area contributed by atoms with E-state index in [1.807, 2.05) is 18.2 Å². The van der Waals surface area contributed by atoms with E-state index in [1.165, 1.54) is 5.56 Å². The second-order valence-corrected chi connectivity index (χ2v) is 7.31. The third kappa shape index (κ3) is 5.01. The minimum atomic E-state index is -0.408. The van der Waals surface area contributed by atoms with Gasteiger partial charge in [0.05, 0.1) is 12.2 Å². The SMILES string of the molecule is CCOC(=O)c1c(C)[nH]c(C(=O)NCc2ccccc2CN(C)C(C)C)c1C. The Hall–Kier alpha value is -2.60. The topological polar surface area (TPSA) is 74.4 Å². The van der Waals surface area contributed by atoms with Crippen LogP contribution in [0.4, 0.5) is 0 Å². The summed E-state index contributed by atoms with van der Waals surface area (Å²) in [4.78, 5) is 30.1. The molecule has 28 heavy (non-hydrogen) atoms. The number of carbonyl (C=O) groups excluding carboxylic acids is 2. The summed E-state index contributed by atoms with van der Waals surface area (Å²) < 4.78 is 5.09. The van der Waals surface area contributed by atoms with Crippen LogP contribution < -0.4 is 5.32 Å². The molecule has 6 nitrogen and oxygen atoms in total. The van der Waals surface area contributed by atoms with Crippen LogP contribution in [0.2, 0.25) is 0 Å². The molecule has 0 saturated carbocycles. The Kier molecular flexibility index (Phi) is 7.40. The van der Waals surface area contributed by atoms with Gasteiger partial charge in [-0.3, -0.25) is 9.69 Å². The highest BCUT2D eigenvalue weighted by Crippen LogP contribution is 2.19. The van der Waals surface area contributed by atoms with E-state index in [0.29, 0.717) is 41.7 Å². The fourth-order valence-electron chi connectivity index (χ4n) is 3.09. The summed E-state index contributed by atoms with van der Waals surface area (Å²) in [5.41, 5.74) is 4.35. The average molecular weight is 386 g/mol. The highest BCUT2D eigenvalue weighted by atomic mass is 16.5. The molecule has 0 aliphatic carbocycles. The van der Waals surface area contributed by atoms with Crippen molar-refractivity contribution in [2.75, 3.05) is 13.7 Å². The molecule has 2 N–H and O–H groups in total. The quantitative estimate of drug-likeness (QED) is 0.681. The van der Waals surface area contributed by atoms with Gasteiger partial charge < -0.3 is 15.0 Å². The predicted molar refractivity (Wildman–Crippen MR) is 110 cm³/mol. The first-order valence-corrected chi connectivity index (χ1v) is 9.67. The van der Waals surface area contributed by atoms with Crippen molar-refractivity contribution in [2.45, 2.75) is 53.8 Å². The number of hydrogen-bond donors (Lipinski definition) is 2. The lowest BCUT2D eigenvalue weighted by Crippen LogP contribution is -2.28. The Bertz CT molecular complexity index is 840. The number of aromatic nitrogens is 1. The molecule has 1 aromatic heterocycles. The van der Waals surface area contributed by atoms with E-state index in [9.17, 15) is 9.59 Å². The molecule has 152 valence electrons. The standard InChI is InChI=1S/C22H31N3O3/c1-7-28-22(27)19-15(4)20(24-16(19)5)21(26)23-12-17-10-8-9-11-18(17)13-25(6)14(2)3/h8-11,14,24H,7,12-13H2,1-6H3,(H,23,26). The summed E-state index contributed by atoms with van der Waals surface area (Å²) >= 11 is 0. The Morgan fingerprint density at radius 2 is 1.82 bits per heavy atom. The van der Waals surface area contributed by atoms with Crippen LogP contribution in [-0.2, 0) is 17.8 Å². The molecule has 0 bridgehead atoms. The largest absolute Gasteiger partial charge is 0.462 e. The minimum Gasteiger partial charge on any atom is -0.462 e. The van der Waals surface area contributed by atoms with Gasteiger partial charge in [0.25, 0.3) is 5.91 Å². The minimum absolute atomic E-state index is 0.233. The Morgan fingerprint density at radius 3 is 2.43 bits per heavy atom. The van der Waals surface area contributed by atoms with Crippen LogP contribution in [0, 0.1) is 13.8 Å². The van der Waals surface area contributed by atoms with Crippen LogP contribution in [0.1, 0.15) is 64.0 Å². The molecule has 1 heterocycles. The number of aromatic amines is 1. The van der Waals surface area contributed by atoms with Gasteiger partial charge in [0.2, 0.25) is 0 Å². The lowest BCUT2D eigenvalue weighted by Gasteiger charge is -2.22. The number of nitrogens with one attached hydrogen (secondary N) is 2. The van der Waals surface area contributed by atoms with E-state index in [0.717, 1.165) is 12.1 Å². The summed E-state index contributed by atoms with van der Waals surface area (Å²) in [6.45, 7) is 11.1. The molecule has 0 atom stereocenters. The summed E-state index contributed by atoms with van der Waals surface area (Å²) in [5, 5.41) is 2.97. The molecule has 0 saturated heterocycles. The number of hydrogen-bond acceptors (Lipinski definition) is 4. The second-order valence-electron chi connectivity index (χ2n) is 7.31. The Balaban J connectivity index is 2.13. The third-order valence-electron chi connectivity index (χ3n) is 5.00. The number of benzene rings is 1. The van der Waals surface area contributed by atoms with E-state index in [-0.39, 0.29) is 5.91 Å².